The number of phenolic OH excluding ortho intramolecular Hbond substituents is 1. The maximum atomic E-state index is 13.8. The highest BCUT2D eigenvalue weighted by molar-refractivity contribution is 6.39. The molecule has 1 saturated heterocycles. The van der Waals surface area contributed by atoms with Crippen LogP contribution < -0.4 is 5.32 Å². The van der Waals surface area contributed by atoms with Gasteiger partial charge in [-0.3, -0.25) is 0 Å². The maximum Gasteiger partial charge on any atom is 0.127 e. The second kappa shape index (κ2) is 8.57. The van der Waals surface area contributed by atoms with E-state index in [4.69, 9.17) is 27.9 Å². The molecule has 1 atom stereocenters. The quantitative estimate of drug-likeness (QED) is 0.506. The number of pyridine rings is 1. The standard InChI is InChI=1S/C22H19Cl2FN2O2/c23-17-4-1-5-18(24)22(17)13-9-19(16-11-14(25)6-7-20(16)28)27-21(10-13)26-12-15-3-2-8-29-15/h1,4-7,9-11,15,28H,2-3,8,12H2,(H,26,27). The molecule has 0 spiro atoms. The lowest BCUT2D eigenvalue weighted by Gasteiger charge is -2.15. The van der Waals surface area contributed by atoms with Crippen molar-refractivity contribution in [3.05, 3.63) is 64.4 Å². The molecule has 0 aliphatic carbocycles. The third kappa shape index (κ3) is 4.47. The average Bonchev–Trinajstić information content (AvgIpc) is 3.22. The summed E-state index contributed by atoms with van der Waals surface area (Å²) in [4.78, 5) is 4.57. The fraction of sp³-hybridized carbons (Fsp3) is 0.227. The molecule has 0 radical (unpaired) electrons. The first-order valence-electron chi connectivity index (χ1n) is 9.32. The largest absolute Gasteiger partial charge is 0.507 e. The zero-order chi connectivity index (χ0) is 20.4. The Kier molecular flexibility index (Phi) is 5.90. The minimum Gasteiger partial charge on any atom is -0.507 e. The van der Waals surface area contributed by atoms with Crippen molar-refractivity contribution in [3.8, 4) is 28.1 Å². The number of nitrogens with one attached hydrogen (secondary N) is 1. The second-order valence-electron chi connectivity index (χ2n) is 6.90. The van der Waals surface area contributed by atoms with Crippen molar-refractivity contribution in [3.63, 3.8) is 0 Å². The number of anilines is 1. The lowest BCUT2D eigenvalue weighted by molar-refractivity contribution is 0.120. The van der Waals surface area contributed by atoms with Gasteiger partial charge in [0.05, 0.1) is 11.8 Å². The fourth-order valence-corrected chi connectivity index (χ4v) is 4.03. The van der Waals surface area contributed by atoms with Gasteiger partial charge in [-0.2, -0.15) is 0 Å². The van der Waals surface area contributed by atoms with Crippen molar-refractivity contribution in [2.24, 2.45) is 0 Å². The van der Waals surface area contributed by atoms with Gasteiger partial charge in [0.25, 0.3) is 0 Å². The Balaban J connectivity index is 1.79. The van der Waals surface area contributed by atoms with E-state index >= 15 is 0 Å². The van der Waals surface area contributed by atoms with Gasteiger partial charge >= 0.3 is 0 Å². The molecule has 3 aromatic rings. The van der Waals surface area contributed by atoms with Crippen molar-refractivity contribution in [2.75, 3.05) is 18.5 Å². The van der Waals surface area contributed by atoms with Crippen LogP contribution in [0.1, 0.15) is 12.8 Å². The summed E-state index contributed by atoms with van der Waals surface area (Å²) in [5.74, 6) is 0.0358. The Hall–Kier alpha value is -2.34. The van der Waals surface area contributed by atoms with Gasteiger partial charge in [0.15, 0.2) is 0 Å². The van der Waals surface area contributed by atoms with E-state index in [1.165, 1.54) is 18.2 Å². The second-order valence-corrected chi connectivity index (χ2v) is 7.71. The number of nitrogens with zero attached hydrogens (tertiary/aromatic N) is 1. The van der Waals surface area contributed by atoms with Crippen LogP contribution in [0.25, 0.3) is 22.4 Å². The Morgan fingerprint density at radius 1 is 1.14 bits per heavy atom. The minimum atomic E-state index is -0.463. The van der Waals surface area contributed by atoms with Gasteiger partial charge in [0.2, 0.25) is 0 Å². The molecular weight excluding hydrogens is 414 g/mol. The molecule has 7 heteroatoms. The van der Waals surface area contributed by atoms with Crippen molar-refractivity contribution in [1.29, 1.82) is 0 Å². The van der Waals surface area contributed by atoms with Gasteiger partial charge in [0.1, 0.15) is 17.4 Å². The average molecular weight is 433 g/mol. The zero-order valence-corrected chi connectivity index (χ0v) is 17.0. The van der Waals surface area contributed by atoms with Crippen LogP contribution in [0.5, 0.6) is 5.75 Å². The summed E-state index contributed by atoms with van der Waals surface area (Å²) in [5, 5.41) is 14.5. The van der Waals surface area contributed by atoms with E-state index in [1.807, 2.05) is 6.07 Å². The monoisotopic (exact) mass is 432 g/mol. The van der Waals surface area contributed by atoms with Crippen molar-refractivity contribution >= 4 is 29.0 Å². The molecule has 1 fully saturated rings. The maximum absolute atomic E-state index is 13.8. The molecule has 4 rings (SSSR count). The Morgan fingerprint density at radius 3 is 2.66 bits per heavy atom. The molecule has 4 nitrogen and oxygen atoms in total. The highest BCUT2D eigenvalue weighted by Gasteiger charge is 2.18. The molecule has 2 N–H and O–H groups in total. The Labute approximate surface area is 178 Å². The summed E-state index contributed by atoms with van der Waals surface area (Å²) in [7, 11) is 0. The summed E-state index contributed by atoms with van der Waals surface area (Å²) in [6.07, 6.45) is 2.15. The smallest absolute Gasteiger partial charge is 0.127 e. The number of rotatable bonds is 5. The number of benzene rings is 2. The van der Waals surface area contributed by atoms with Crippen LogP contribution in [0.3, 0.4) is 0 Å². The molecule has 1 unspecified atom stereocenters. The molecular formula is C22H19Cl2FN2O2. The van der Waals surface area contributed by atoms with Gasteiger partial charge in [0, 0.05) is 34.3 Å². The number of aromatic hydroxyl groups is 1. The lowest BCUT2D eigenvalue weighted by Crippen LogP contribution is -2.19. The number of halogens is 3. The zero-order valence-electron chi connectivity index (χ0n) is 15.5. The van der Waals surface area contributed by atoms with Crippen LogP contribution in [0.15, 0.2) is 48.5 Å². The Bertz CT molecular complexity index is 1020. The van der Waals surface area contributed by atoms with E-state index in [1.54, 1.807) is 24.3 Å². The number of aromatic nitrogens is 1. The summed E-state index contributed by atoms with van der Waals surface area (Å²) in [6, 6.07) is 12.6. The highest BCUT2D eigenvalue weighted by atomic mass is 35.5. The van der Waals surface area contributed by atoms with Gasteiger partial charge in [-0.1, -0.05) is 29.3 Å². The number of ether oxygens (including phenoxy) is 1. The SMILES string of the molecule is Oc1ccc(F)cc1-c1cc(-c2c(Cl)cccc2Cl)cc(NCC2CCCO2)n1. The van der Waals surface area contributed by atoms with Crippen LogP contribution in [-0.2, 0) is 4.74 Å². The fourth-order valence-electron chi connectivity index (χ4n) is 3.41. The van der Waals surface area contributed by atoms with E-state index in [9.17, 15) is 9.50 Å². The lowest BCUT2D eigenvalue weighted by atomic mass is 10.0. The first-order valence-corrected chi connectivity index (χ1v) is 10.1. The molecule has 1 aliphatic heterocycles. The van der Waals surface area contributed by atoms with E-state index in [0.717, 1.165) is 19.4 Å². The third-order valence-electron chi connectivity index (χ3n) is 4.85. The molecule has 0 bridgehead atoms. The third-order valence-corrected chi connectivity index (χ3v) is 5.48. The van der Waals surface area contributed by atoms with Gasteiger partial charge in [-0.05, 0) is 60.9 Å². The van der Waals surface area contributed by atoms with Gasteiger partial charge < -0.3 is 15.2 Å². The van der Waals surface area contributed by atoms with E-state index in [0.29, 0.717) is 39.2 Å². The number of hydrogen-bond acceptors (Lipinski definition) is 4. The molecule has 150 valence electrons. The van der Waals surface area contributed by atoms with Crippen molar-refractivity contribution in [1.82, 2.24) is 4.98 Å². The van der Waals surface area contributed by atoms with E-state index < -0.39 is 5.82 Å². The van der Waals surface area contributed by atoms with Gasteiger partial charge in [-0.15, -0.1) is 0 Å². The molecule has 1 aromatic heterocycles. The van der Waals surface area contributed by atoms with Crippen molar-refractivity contribution < 1.29 is 14.2 Å². The summed E-state index contributed by atoms with van der Waals surface area (Å²) in [6.45, 7) is 1.36. The summed E-state index contributed by atoms with van der Waals surface area (Å²) < 4.78 is 19.5. The van der Waals surface area contributed by atoms with E-state index in [2.05, 4.69) is 10.3 Å². The molecule has 0 saturated carbocycles. The number of hydrogen-bond donors (Lipinski definition) is 2. The summed E-state index contributed by atoms with van der Waals surface area (Å²) in [5.41, 5.74) is 2.06. The summed E-state index contributed by atoms with van der Waals surface area (Å²) >= 11 is 12.8. The van der Waals surface area contributed by atoms with Crippen LogP contribution in [0.4, 0.5) is 10.2 Å². The first kappa shape index (κ1) is 20.0. The van der Waals surface area contributed by atoms with Crippen LogP contribution in [0, 0.1) is 5.82 Å². The molecule has 29 heavy (non-hydrogen) atoms. The molecule has 0 amide bonds. The predicted molar refractivity (Wildman–Crippen MR) is 114 cm³/mol. The Morgan fingerprint density at radius 2 is 1.93 bits per heavy atom. The highest BCUT2D eigenvalue weighted by Crippen LogP contribution is 2.38. The van der Waals surface area contributed by atoms with Crippen LogP contribution >= 0.6 is 23.2 Å². The van der Waals surface area contributed by atoms with Crippen LogP contribution in [0.2, 0.25) is 10.0 Å². The molecule has 2 aromatic carbocycles. The van der Waals surface area contributed by atoms with Crippen molar-refractivity contribution in [2.45, 2.75) is 18.9 Å². The number of phenols is 1. The minimum absolute atomic E-state index is 0.0635. The van der Waals surface area contributed by atoms with Crippen LogP contribution in [-0.4, -0.2) is 29.3 Å². The first-order chi connectivity index (χ1) is 14.0. The van der Waals surface area contributed by atoms with E-state index in [-0.39, 0.29) is 17.4 Å². The van der Waals surface area contributed by atoms with Gasteiger partial charge in [-0.25, -0.2) is 9.37 Å². The molecule has 2 heterocycles. The predicted octanol–water partition coefficient (Wildman–Crippen LogP) is 6.16. The topological polar surface area (TPSA) is 54.4 Å². The molecule has 1 aliphatic rings. The normalized spacial score (nSPS) is 16.2.